The maximum Gasteiger partial charge on any atom is 0.119 e. The van der Waals surface area contributed by atoms with Crippen LogP contribution >= 0.6 is 22.6 Å². The zero-order chi connectivity index (χ0) is 13.2. The molecule has 0 heterocycles. The number of benzene rings is 3. The van der Waals surface area contributed by atoms with Crippen molar-refractivity contribution in [3.63, 3.8) is 0 Å². The molecule has 0 atom stereocenters. The molecule has 0 amide bonds. The third kappa shape index (κ3) is 2.59. The van der Waals surface area contributed by atoms with Crippen molar-refractivity contribution in [2.24, 2.45) is 0 Å². The third-order valence-electron chi connectivity index (χ3n) is 3.21. The number of methoxy groups -OCH3 is 1. The molecule has 0 spiro atoms. The van der Waals surface area contributed by atoms with Crippen molar-refractivity contribution in [3.8, 4) is 16.9 Å². The number of ether oxygens (including phenoxy) is 1. The van der Waals surface area contributed by atoms with Crippen molar-refractivity contribution < 1.29 is 4.74 Å². The summed E-state index contributed by atoms with van der Waals surface area (Å²) in [4.78, 5) is 0. The summed E-state index contributed by atoms with van der Waals surface area (Å²) in [5, 5.41) is 2.54. The summed E-state index contributed by atoms with van der Waals surface area (Å²) in [7, 11) is 1.70. The summed E-state index contributed by atoms with van der Waals surface area (Å²) >= 11 is 2.34. The molecular formula is C17H13IO. The number of hydrogen-bond acceptors (Lipinski definition) is 1. The molecule has 2 heteroatoms. The number of rotatable bonds is 2. The topological polar surface area (TPSA) is 9.23 Å². The maximum atomic E-state index is 5.28. The lowest BCUT2D eigenvalue weighted by Crippen LogP contribution is -1.84. The van der Waals surface area contributed by atoms with Gasteiger partial charge in [0, 0.05) is 3.57 Å². The molecule has 3 rings (SSSR count). The van der Waals surface area contributed by atoms with Gasteiger partial charge in [-0.25, -0.2) is 0 Å². The molecule has 0 N–H and O–H groups in total. The molecule has 0 aliphatic heterocycles. The summed E-state index contributed by atoms with van der Waals surface area (Å²) in [5.74, 6) is 0.889. The van der Waals surface area contributed by atoms with Gasteiger partial charge in [0.25, 0.3) is 0 Å². The van der Waals surface area contributed by atoms with Crippen LogP contribution in [0.3, 0.4) is 0 Å². The van der Waals surface area contributed by atoms with Gasteiger partial charge >= 0.3 is 0 Å². The zero-order valence-corrected chi connectivity index (χ0v) is 12.7. The van der Waals surface area contributed by atoms with Gasteiger partial charge in [-0.2, -0.15) is 0 Å². The fourth-order valence-electron chi connectivity index (χ4n) is 2.20. The van der Waals surface area contributed by atoms with Crippen molar-refractivity contribution in [1.82, 2.24) is 0 Å². The average Bonchev–Trinajstić information content (AvgIpc) is 2.46. The average molecular weight is 360 g/mol. The molecule has 0 aromatic heterocycles. The zero-order valence-electron chi connectivity index (χ0n) is 10.6. The predicted octanol–water partition coefficient (Wildman–Crippen LogP) is 5.12. The normalized spacial score (nSPS) is 10.6. The molecule has 0 saturated heterocycles. The first-order valence-corrected chi connectivity index (χ1v) is 7.18. The highest BCUT2D eigenvalue weighted by molar-refractivity contribution is 14.1. The maximum absolute atomic E-state index is 5.28. The van der Waals surface area contributed by atoms with Gasteiger partial charge < -0.3 is 4.74 Å². The second-order valence-corrected chi connectivity index (χ2v) is 5.68. The van der Waals surface area contributed by atoms with E-state index in [2.05, 4.69) is 71.1 Å². The van der Waals surface area contributed by atoms with E-state index in [9.17, 15) is 0 Å². The molecule has 0 radical (unpaired) electrons. The highest BCUT2D eigenvalue weighted by Gasteiger charge is 2.01. The molecule has 0 unspecified atom stereocenters. The fourth-order valence-corrected chi connectivity index (χ4v) is 2.71. The van der Waals surface area contributed by atoms with Crippen LogP contribution < -0.4 is 4.74 Å². The van der Waals surface area contributed by atoms with Crippen LogP contribution in [-0.2, 0) is 0 Å². The van der Waals surface area contributed by atoms with E-state index < -0.39 is 0 Å². The van der Waals surface area contributed by atoms with E-state index in [-0.39, 0.29) is 0 Å². The van der Waals surface area contributed by atoms with Gasteiger partial charge in [0.05, 0.1) is 7.11 Å². The molecule has 0 aliphatic carbocycles. The quantitative estimate of drug-likeness (QED) is 0.577. The van der Waals surface area contributed by atoms with Crippen LogP contribution in [0, 0.1) is 3.57 Å². The third-order valence-corrected chi connectivity index (χ3v) is 3.88. The van der Waals surface area contributed by atoms with Gasteiger partial charge in [-0.05, 0) is 74.8 Å². The van der Waals surface area contributed by atoms with Crippen LogP contribution in [0.1, 0.15) is 0 Å². The number of halogens is 1. The van der Waals surface area contributed by atoms with Crippen LogP contribution in [0.25, 0.3) is 21.9 Å². The van der Waals surface area contributed by atoms with E-state index in [4.69, 9.17) is 4.74 Å². The lowest BCUT2D eigenvalue weighted by molar-refractivity contribution is 0.415. The SMILES string of the molecule is COc1cccc(-c2ccc3cc(I)ccc3c2)c1. The Balaban J connectivity index is 2.12. The first-order valence-electron chi connectivity index (χ1n) is 6.10. The van der Waals surface area contributed by atoms with Gasteiger partial charge in [-0.3, -0.25) is 0 Å². The van der Waals surface area contributed by atoms with E-state index in [0.29, 0.717) is 0 Å². The Bertz CT molecular complexity index is 734. The first-order chi connectivity index (χ1) is 9.26. The Morgan fingerprint density at radius 2 is 1.53 bits per heavy atom. The van der Waals surface area contributed by atoms with Gasteiger partial charge in [-0.15, -0.1) is 0 Å². The molecule has 1 nitrogen and oxygen atoms in total. The Kier molecular flexibility index (Phi) is 3.42. The minimum absolute atomic E-state index is 0.889. The Morgan fingerprint density at radius 3 is 2.37 bits per heavy atom. The Hall–Kier alpha value is -1.55. The van der Waals surface area contributed by atoms with E-state index in [0.717, 1.165) is 5.75 Å². The van der Waals surface area contributed by atoms with E-state index in [1.807, 2.05) is 12.1 Å². The van der Waals surface area contributed by atoms with Crippen LogP contribution in [-0.4, -0.2) is 7.11 Å². The minimum Gasteiger partial charge on any atom is -0.497 e. The predicted molar refractivity (Wildman–Crippen MR) is 88.7 cm³/mol. The highest BCUT2D eigenvalue weighted by Crippen LogP contribution is 2.27. The lowest BCUT2D eigenvalue weighted by Gasteiger charge is -2.06. The second kappa shape index (κ2) is 5.21. The molecule has 19 heavy (non-hydrogen) atoms. The van der Waals surface area contributed by atoms with Crippen LogP contribution in [0.2, 0.25) is 0 Å². The van der Waals surface area contributed by atoms with Crippen molar-refractivity contribution >= 4 is 33.4 Å². The van der Waals surface area contributed by atoms with E-state index >= 15 is 0 Å². The molecule has 0 fully saturated rings. The molecule has 0 aliphatic rings. The van der Waals surface area contributed by atoms with Crippen molar-refractivity contribution in [2.45, 2.75) is 0 Å². The summed E-state index contributed by atoms with van der Waals surface area (Å²) in [6.07, 6.45) is 0. The van der Waals surface area contributed by atoms with Crippen LogP contribution in [0.4, 0.5) is 0 Å². The van der Waals surface area contributed by atoms with Crippen molar-refractivity contribution in [3.05, 3.63) is 64.2 Å². The van der Waals surface area contributed by atoms with Gasteiger partial charge in [0.2, 0.25) is 0 Å². The Morgan fingerprint density at radius 1 is 0.789 bits per heavy atom. The lowest BCUT2D eigenvalue weighted by atomic mass is 10.0. The van der Waals surface area contributed by atoms with Crippen LogP contribution in [0.15, 0.2) is 60.7 Å². The highest BCUT2D eigenvalue weighted by atomic mass is 127. The molecule has 3 aromatic carbocycles. The monoisotopic (exact) mass is 360 g/mol. The summed E-state index contributed by atoms with van der Waals surface area (Å²) in [6.45, 7) is 0. The largest absolute Gasteiger partial charge is 0.497 e. The minimum atomic E-state index is 0.889. The molecule has 94 valence electrons. The van der Waals surface area contributed by atoms with Gasteiger partial charge in [0.1, 0.15) is 5.75 Å². The summed E-state index contributed by atoms with van der Waals surface area (Å²) in [5.41, 5.74) is 2.40. The standard InChI is InChI=1S/C17H13IO/c1-19-17-4-2-3-12(11-17)13-5-6-15-10-16(18)8-7-14(15)9-13/h2-11H,1H3. The van der Waals surface area contributed by atoms with E-state index in [1.165, 1.54) is 25.5 Å². The van der Waals surface area contributed by atoms with Gasteiger partial charge in [0.15, 0.2) is 0 Å². The second-order valence-electron chi connectivity index (χ2n) is 4.44. The summed E-state index contributed by atoms with van der Waals surface area (Å²) in [6, 6.07) is 21.2. The molecule has 0 saturated carbocycles. The fraction of sp³-hybridized carbons (Fsp3) is 0.0588. The van der Waals surface area contributed by atoms with E-state index in [1.54, 1.807) is 7.11 Å². The number of hydrogen-bond donors (Lipinski definition) is 0. The summed E-state index contributed by atoms with van der Waals surface area (Å²) < 4.78 is 6.54. The number of fused-ring (bicyclic) bond motifs is 1. The Labute approximate surface area is 126 Å². The van der Waals surface area contributed by atoms with Crippen molar-refractivity contribution in [2.75, 3.05) is 7.11 Å². The van der Waals surface area contributed by atoms with Gasteiger partial charge in [-0.1, -0.05) is 30.3 Å². The first kappa shape index (κ1) is 12.5. The molecule has 3 aromatic rings. The molecule has 0 bridgehead atoms. The van der Waals surface area contributed by atoms with Crippen molar-refractivity contribution in [1.29, 1.82) is 0 Å². The van der Waals surface area contributed by atoms with Crippen LogP contribution in [0.5, 0.6) is 5.75 Å². The molecular weight excluding hydrogens is 347 g/mol. The smallest absolute Gasteiger partial charge is 0.119 e.